The van der Waals surface area contributed by atoms with Crippen LogP contribution in [0.5, 0.6) is 5.75 Å². The van der Waals surface area contributed by atoms with Crippen LogP contribution in [0.15, 0.2) is 84.0 Å². The summed E-state index contributed by atoms with van der Waals surface area (Å²) in [7, 11) is 0. The summed E-state index contributed by atoms with van der Waals surface area (Å²) in [5.41, 5.74) is 3.88. The summed E-state index contributed by atoms with van der Waals surface area (Å²) >= 11 is 0. The number of halogens is 1. The molecule has 0 N–H and O–H groups in total. The molecule has 0 unspecified atom stereocenters. The van der Waals surface area contributed by atoms with Gasteiger partial charge in [0.1, 0.15) is 17.3 Å². The van der Waals surface area contributed by atoms with E-state index in [0.29, 0.717) is 13.2 Å². The first kappa shape index (κ1) is 18.0. The summed E-state index contributed by atoms with van der Waals surface area (Å²) in [4.78, 5) is 4.59. The molecule has 0 bridgehead atoms. The number of para-hydroxylation sites is 2. The fourth-order valence-corrected chi connectivity index (χ4v) is 3.25. The van der Waals surface area contributed by atoms with Crippen LogP contribution in [0.4, 0.5) is 10.1 Å². The highest BCUT2D eigenvalue weighted by Gasteiger charge is 2.04. The lowest BCUT2D eigenvalue weighted by molar-refractivity contribution is 0.341. The molecule has 3 aromatic carbocycles. The third-order valence-electron chi connectivity index (χ3n) is 4.55. The molecule has 4 heteroatoms. The van der Waals surface area contributed by atoms with E-state index in [1.54, 1.807) is 12.1 Å². The topological polar surface area (TPSA) is 26.5 Å². The molecule has 140 valence electrons. The fourth-order valence-electron chi connectivity index (χ4n) is 3.25. The van der Waals surface area contributed by atoms with Crippen LogP contribution in [-0.2, 0) is 6.54 Å². The number of ether oxygens (including phenoxy) is 1. The van der Waals surface area contributed by atoms with Gasteiger partial charge >= 0.3 is 0 Å². The maximum atomic E-state index is 13.4. The summed E-state index contributed by atoms with van der Waals surface area (Å²) in [5.74, 6) is 0.573. The molecule has 0 aliphatic rings. The van der Waals surface area contributed by atoms with Crippen molar-refractivity contribution in [3.63, 3.8) is 0 Å². The van der Waals surface area contributed by atoms with Crippen molar-refractivity contribution in [1.29, 1.82) is 0 Å². The van der Waals surface area contributed by atoms with Gasteiger partial charge in [0.15, 0.2) is 0 Å². The molecule has 0 radical (unpaired) electrons. The highest BCUT2D eigenvalue weighted by molar-refractivity contribution is 5.90. The second-order valence-electron chi connectivity index (χ2n) is 6.55. The maximum absolute atomic E-state index is 13.4. The van der Waals surface area contributed by atoms with E-state index in [1.165, 1.54) is 6.07 Å². The van der Waals surface area contributed by atoms with Gasteiger partial charge in [-0.05, 0) is 60.5 Å². The number of hydrogen-bond donors (Lipinski definition) is 0. The molecule has 0 amide bonds. The summed E-state index contributed by atoms with van der Waals surface area (Å²) in [6, 6.07) is 22.8. The molecular formula is C24H21FN2O. The van der Waals surface area contributed by atoms with E-state index in [4.69, 9.17) is 4.74 Å². The molecule has 0 spiro atoms. The standard InChI is InChI=1S/C24H21FN2O/c1-2-28-24-9-4-3-8-22(24)26-16-18-10-11-23-20(14-18)12-13-27(23)17-19-6-5-7-21(25)15-19/h3-16H,2,17H2,1H3. The summed E-state index contributed by atoms with van der Waals surface area (Å²) in [6.45, 7) is 3.21. The van der Waals surface area contributed by atoms with Gasteiger partial charge in [0.05, 0.1) is 6.61 Å². The number of aliphatic imine (C=N–C) groups is 1. The Kier molecular flexibility index (Phi) is 5.20. The van der Waals surface area contributed by atoms with E-state index < -0.39 is 0 Å². The minimum absolute atomic E-state index is 0.209. The Hall–Kier alpha value is -3.40. The van der Waals surface area contributed by atoms with E-state index in [9.17, 15) is 4.39 Å². The second-order valence-corrected chi connectivity index (χ2v) is 6.55. The van der Waals surface area contributed by atoms with Gasteiger partial charge in [0.25, 0.3) is 0 Å². The number of nitrogens with zero attached hydrogens (tertiary/aromatic N) is 2. The zero-order valence-corrected chi connectivity index (χ0v) is 15.7. The van der Waals surface area contributed by atoms with Crippen molar-refractivity contribution >= 4 is 22.8 Å². The minimum Gasteiger partial charge on any atom is -0.492 e. The van der Waals surface area contributed by atoms with Crippen molar-refractivity contribution in [2.24, 2.45) is 4.99 Å². The van der Waals surface area contributed by atoms with Gasteiger partial charge in [-0.2, -0.15) is 0 Å². The zero-order chi connectivity index (χ0) is 19.3. The molecule has 0 saturated heterocycles. The molecule has 0 aliphatic carbocycles. The monoisotopic (exact) mass is 372 g/mol. The first-order chi connectivity index (χ1) is 13.7. The van der Waals surface area contributed by atoms with Crippen molar-refractivity contribution in [2.45, 2.75) is 13.5 Å². The molecule has 28 heavy (non-hydrogen) atoms. The lowest BCUT2D eigenvalue weighted by Gasteiger charge is -2.07. The lowest BCUT2D eigenvalue weighted by atomic mass is 10.1. The quantitative estimate of drug-likeness (QED) is 0.383. The first-order valence-corrected chi connectivity index (χ1v) is 9.32. The van der Waals surface area contributed by atoms with Crippen LogP contribution in [-0.4, -0.2) is 17.4 Å². The normalized spacial score (nSPS) is 11.4. The van der Waals surface area contributed by atoms with Gasteiger partial charge < -0.3 is 9.30 Å². The number of fused-ring (bicyclic) bond motifs is 1. The van der Waals surface area contributed by atoms with E-state index in [0.717, 1.165) is 33.5 Å². The van der Waals surface area contributed by atoms with Gasteiger partial charge in [0.2, 0.25) is 0 Å². The smallest absolute Gasteiger partial charge is 0.144 e. The summed E-state index contributed by atoms with van der Waals surface area (Å²) in [6.07, 6.45) is 3.88. The number of hydrogen-bond acceptors (Lipinski definition) is 2. The zero-order valence-electron chi connectivity index (χ0n) is 15.7. The Morgan fingerprint density at radius 2 is 1.89 bits per heavy atom. The first-order valence-electron chi connectivity index (χ1n) is 9.32. The molecule has 3 nitrogen and oxygen atoms in total. The molecule has 4 aromatic rings. The van der Waals surface area contributed by atoms with Gasteiger partial charge in [0, 0.05) is 29.9 Å². The van der Waals surface area contributed by atoms with Crippen LogP contribution >= 0.6 is 0 Å². The van der Waals surface area contributed by atoms with E-state index >= 15 is 0 Å². The van der Waals surface area contributed by atoms with E-state index in [1.807, 2.05) is 55.7 Å². The van der Waals surface area contributed by atoms with Gasteiger partial charge in [-0.15, -0.1) is 0 Å². The van der Waals surface area contributed by atoms with E-state index in [2.05, 4.69) is 27.8 Å². The van der Waals surface area contributed by atoms with Crippen LogP contribution in [0.3, 0.4) is 0 Å². The molecular weight excluding hydrogens is 351 g/mol. The average molecular weight is 372 g/mol. The Morgan fingerprint density at radius 3 is 2.75 bits per heavy atom. The van der Waals surface area contributed by atoms with Crippen LogP contribution in [0.1, 0.15) is 18.1 Å². The molecule has 0 atom stereocenters. The molecule has 4 rings (SSSR count). The SMILES string of the molecule is CCOc1ccccc1N=Cc1ccc2c(ccn2Cc2cccc(F)c2)c1. The third-order valence-corrected chi connectivity index (χ3v) is 4.55. The molecule has 0 saturated carbocycles. The molecule has 0 aliphatic heterocycles. The number of aromatic nitrogens is 1. The summed E-state index contributed by atoms with van der Waals surface area (Å²) in [5, 5.41) is 1.12. The largest absolute Gasteiger partial charge is 0.492 e. The maximum Gasteiger partial charge on any atom is 0.144 e. The second kappa shape index (κ2) is 8.09. The van der Waals surface area contributed by atoms with Crippen molar-refractivity contribution in [3.05, 3.63) is 95.9 Å². The highest BCUT2D eigenvalue weighted by Crippen LogP contribution is 2.27. The Bertz CT molecular complexity index is 1130. The van der Waals surface area contributed by atoms with Crippen LogP contribution in [0, 0.1) is 5.82 Å². The molecule has 1 aromatic heterocycles. The molecule has 1 heterocycles. The average Bonchev–Trinajstić information content (AvgIpc) is 3.10. The van der Waals surface area contributed by atoms with Gasteiger partial charge in [-0.1, -0.05) is 30.3 Å². The third kappa shape index (κ3) is 3.96. The Balaban J connectivity index is 1.58. The fraction of sp³-hybridized carbons (Fsp3) is 0.125. The van der Waals surface area contributed by atoms with Crippen molar-refractivity contribution in [2.75, 3.05) is 6.61 Å². The van der Waals surface area contributed by atoms with Crippen LogP contribution < -0.4 is 4.74 Å². The minimum atomic E-state index is -0.209. The predicted molar refractivity (Wildman–Crippen MR) is 112 cm³/mol. The summed E-state index contributed by atoms with van der Waals surface area (Å²) < 4.78 is 21.2. The Morgan fingerprint density at radius 1 is 1.00 bits per heavy atom. The highest BCUT2D eigenvalue weighted by atomic mass is 19.1. The van der Waals surface area contributed by atoms with E-state index in [-0.39, 0.29) is 5.82 Å². The van der Waals surface area contributed by atoms with Crippen LogP contribution in [0.25, 0.3) is 10.9 Å². The van der Waals surface area contributed by atoms with Gasteiger partial charge in [-0.25, -0.2) is 4.39 Å². The predicted octanol–water partition coefficient (Wildman–Crippen LogP) is 5.98. The van der Waals surface area contributed by atoms with Crippen molar-refractivity contribution in [1.82, 2.24) is 4.57 Å². The lowest BCUT2D eigenvalue weighted by Crippen LogP contribution is -1.98. The Labute approximate surface area is 163 Å². The van der Waals surface area contributed by atoms with Gasteiger partial charge in [-0.3, -0.25) is 4.99 Å². The van der Waals surface area contributed by atoms with Crippen molar-refractivity contribution in [3.8, 4) is 5.75 Å². The van der Waals surface area contributed by atoms with Crippen LogP contribution in [0.2, 0.25) is 0 Å². The molecule has 0 fully saturated rings. The van der Waals surface area contributed by atoms with Crippen molar-refractivity contribution < 1.29 is 9.13 Å². The number of rotatable bonds is 6. The number of benzene rings is 3.